The van der Waals surface area contributed by atoms with E-state index in [-0.39, 0.29) is 5.92 Å². The van der Waals surface area contributed by atoms with Crippen molar-refractivity contribution in [3.05, 3.63) is 42.9 Å². The zero-order valence-corrected chi connectivity index (χ0v) is 17.7. The van der Waals surface area contributed by atoms with Crippen molar-refractivity contribution in [2.45, 2.75) is 31.7 Å². The second-order valence-corrected chi connectivity index (χ2v) is 8.59. The number of pyridine rings is 1. The van der Waals surface area contributed by atoms with Crippen molar-refractivity contribution in [2.24, 2.45) is 5.92 Å². The Balaban J connectivity index is 1.17. The number of Topliss-reactive ketones (excluding diaryl/α,β-unsaturated/α-hetero) is 1. The van der Waals surface area contributed by atoms with E-state index < -0.39 is 0 Å². The van der Waals surface area contributed by atoms with Crippen molar-refractivity contribution in [3.63, 3.8) is 0 Å². The number of carbonyl (C=O) groups excluding carboxylic acids is 1. The first-order valence-corrected chi connectivity index (χ1v) is 11.2. The molecular formula is C24H29N5O2. The summed E-state index contributed by atoms with van der Waals surface area (Å²) < 4.78 is 5.46. The third-order valence-electron chi connectivity index (χ3n) is 6.71. The van der Waals surface area contributed by atoms with E-state index in [0.29, 0.717) is 18.4 Å². The topological polar surface area (TPSA) is 83.1 Å². The molecule has 0 unspecified atom stereocenters. The highest BCUT2D eigenvalue weighted by Gasteiger charge is 2.29. The van der Waals surface area contributed by atoms with Crippen molar-refractivity contribution in [2.75, 3.05) is 38.2 Å². The maximum absolute atomic E-state index is 12.8. The normalized spacial score (nSPS) is 22.5. The highest BCUT2D eigenvalue weighted by molar-refractivity contribution is 5.89. The van der Waals surface area contributed by atoms with Crippen LogP contribution in [0.5, 0.6) is 0 Å². The Bertz CT molecular complexity index is 1020. The van der Waals surface area contributed by atoms with Crippen LogP contribution in [0.4, 0.5) is 5.82 Å². The average molecular weight is 420 g/mol. The summed E-state index contributed by atoms with van der Waals surface area (Å²) in [4.78, 5) is 19.8. The lowest BCUT2D eigenvalue weighted by Gasteiger charge is -2.38. The molecule has 3 heterocycles. The molecule has 1 saturated heterocycles. The van der Waals surface area contributed by atoms with Gasteiger partial charge in [0, 0.05) is 48.4 Å². The number of ether oxygens (including phenoxy) is 1. The molecule has 0 bridgehead atoms. The summed E-state index contributed by atoms with van der Waals surface area (Å²) in [6, 6.07) is 8.89. The van der Waals surface area contributed by atoms with Crippen LogP contribution >= 0.6 is 0 Å². The summed E-state index contributed by atoms with van der Waals surface area (Å²) in [7, 11) is 0. The standard InChI is InChI=1S/C24H29N5O2/c30-23(17-3-5-22(6-4-17)29-7-9-31-10-8-29)16-26-24-12-20-11-18(21-14-27-28-15-21)1-2-19(20)13-25-24/h1-2,11-15,17,22H,3-10,16H2,(H,25,26)(H,27,28). The fraction of sp³-hybridized carbons (Fsp3) is 0.458. The highest BCUT2D eigenvalue weighted by atomic mass is 16.5. The van der Waals surface area contributed by atoms with Crippen molar-refractivity contribution >= 4 is 22.4 Å². The number of morpholine rings is 1. The maximum Gasteiger partial charge on any atom is 0.154 e. The van der Waals surface area contributed by atoms with Crippen LogP contribution in [0.25, 0.3) is 21.9 Å². The van der Waals surface area contributed by atoms with Crippen molar-refractivity contribution < 1.29 is 9.53 Å². The van der Waals surface area contributed by atoms with Crippen LogP contribution in [0.2, 0.25) is 0 Å². The van der Waals surface area contributed by atoms with Crippen LogP contribution in [0, 0.1) is 5.92 Å². The SMILES string of the molecule is O=C(CNc1cc2cc(-c3cn[nH]c3)ccc2cn1)C1CCC(N2CCOCC2)CC1. The molecule has 7 heteroatoms. The summed E-state index contributed by atoms with van der Waals surface area (Å²) >= 11 is 0. The number of hydrogen-bond donors (Lipinski definition) is 2. The number of H-pyrrole nitrogens is 1. The Morgan fingerprint density at radius 1 is 1.06 bits per heavy atom. The number of nitrogens with zero attached hydrogens (tertiary/aromatic N) is 3. The first-order chi connectivity index (χ1) is 15.3. The number of hydrogen-bond acceptors (Lipinski definition) is 6. The molecule has 1 aromatic carbocycles. The summed E-state index contributed by atoms with van der Waals surface area (Å²) in [6.45, 7) is 4.07. The second kappa shape index (κ2) is 9.16. The third kappa shape index (κ3) is 4.62. The molecule has 3 aromatic rings. The van der Waals surface area contributed by atoms with Crippen LogP contribution in [0.1, 0.15) is 25.7 Å². The van der Waals surface area contributed by atoms with Gasteiger partial charge in [0.25, 0.3) is 0 Å². The van der Waals surface area contributed by atoms with E-state index in [1.165, 1.54) is 0 Å². The summed E-state index contributed by atoms with van der Waals surface area (Å²) in [5, 5.41) is 12.3. The molecule has 0 amide bonds. The van der Waals surface area contributed by atoms with Gasteiger partial charge in [-0.2, -0.15) is 5.10 Å². The average Bonchev–Trinajstić information content (AvgIpc) is 3.38. The van der Waals surface area contributed by atoms with E-state index in [2.05, 4.69) is 43.6 Å². The van der Waals surface area contributed by atoms with Crippen molar-refractivity contribution in [3.8, 4) is 11.1 Å². The van der Waals surface area contributed by atoms with Gasteiger partial charge in [-0.25, -0.2) is 4.98 Å². The minimum Gasteiger partial charge on any atom is -0.379 e. The maximum atomic E-state index is 12.8. The zero-order valence-electron chi connectivity index (χ0n) is 17.7. The fourth-order valence-electron chi connectivity index (χ4n) is 4.85. The molecule has 2 N–H and O–H groups in total. The lowest BCUT2D eigenvalue weighted by Crippen LogP contribution is -2.45. The third-order valence-corrected chi connectivity index (χ3v) is 6.71. The Morgan fingerprint density at radius 2 is 1.90 bits per heavy atom. The molecule has 1 aliphatic carbocycles. The minimum absolute atomic E-state index is 0.165. The molecule has 0 radical (unpaired) electrons. The van der Waals surface area contributed by atoms with Gasteiger partial charge in [0.15, 0.2) is 5.78 Å². The van der Waals surface area contributed by atoms with E-state index in [1.807, 2.05) is 24.7 Å². The van der Waals surface area contributed by atoms with E-state index in [0.717, 1.165) is 79.7 Å². The summed E-state index contributed by atoms with van der Waals surface area (Å²) in [5.41, 5.74) is 2.16. The Morgan fingerprint density at radius 3 is 2.68 bits per heavy atom. The molecular weight excluding hydrogens is 390 g/mol. The molecule has 31 heavy (non-hydrogen) atoms. The molecule has 2 aliphatic rings. The first kappa shape index (κ1) is 20.2. The van der Waals surface area contributed by atoms with Crippen LogP contribution in [-0.2, 0) is 9.53 Å². The smallest absolute Gasteiger partial charge is 0.154 e. The zero-order chi connectivity index (χ0) is 21.0. The van der Waals surface area contributed by atoms with E-state index in [4.69, 9.17) is 4.74 Å². The minimum atomic E-state index is 0.165. The van der Waals surface area contributed by atoms with Gasteiger partial charge in [0.05, 0.1) is 26.0 Å². The molecule has 7 nitrogen and oxygen atoms in total. The number of benzene rings is 1. The quantitative estimate of drug-likeness (QED) is 0.636. The molecule has 0 spiro atoms. The van der Waals surface area contributed by atoms with Crippen LogP contribution in [0.3, 0.4) is 0 Å². The van der Waals surface area contributed by atoms with Gasteiger partial charge in [-0.1, -0.05) is 12.1 Å². The van der Waals surface area contributed by atoms with E-state index in [1.54, 1.807) is 0 Å². The Kier molecular flexibility index (Phi) is 5.95. The van der Waals surface area contributed by atoms with Gasteiger partial charge in [-0.05, 0) is 48.8 Å². The summed E-state index contributed by atoms with van der Waals surface area (Å²) in [5.74, 6) is 1.21. The molecule has 1 saturated carbocycles. The molecule has 5 rings (SSSR count). The monoisotopic (exact) mass is 419 g/mol. The van der Waals surface area contributed by atoms with Crippen LogP contribution in [-0.4, -0.2) is 64.8 Å². The number of rotatable bonds is 6. The van der Waals surface area contributed by atoms with Crippen LogP contribution in [0.15, 0.2) is 42.9 Å². The van der Waals surface area contributed by atoms with Gasteiger partial charge in [0.1, 0.15) is 5.82 Å². The van der Waals surface area contributed by atoms with Gasteiger partial charge in [0.2, 0.25) is 0 Å². The Labute approximate surface area is 182 Å². The largest absolute Gasteiger partial charge is 0.379 e. The molecule has 2 aromatic heterocycles. The van der Waals surface area contributed by atoms with Crippen molar-refractivity contribution in [1.29, 1.82) is 0 Å². The number of anilines is 1. The number of carbonyl (C=O) groups is 1. The van der Waals surface area contributed by atoms with Gasteiger partial charge in [-0.15, -0.1) is 0 Å². The number of ketones is 1. The lowest BCUT2D eigenvalue weighted by atomic mass is 9.82. The highest BCUT2D eigenvalue weighted by Crippen LogP contribution is 2.29. The van der Waals surface area contributed by atoms with Gasteiger partial charge >= 0.3 is 0 Å². The summed E-state index contributed by atoms with van der Waals surface area (Å²) in [6.07, 6.45) is 9.75. The van der Waals surface area contributed by atoms with Gasteiger partial charge in [-0.3, -0.25) is 14.8 Å². The first-order valence-electron chi connectivity index (χ1n) is 11.2. The molecule has 0 atom stereocenters. The van der Waals surface area contributed by atoms with Gasteiger partial charge < -0.3 is 10.1 Å². The van der Waals surface area contributed by atoms with E-state index >= 15 is 0 Å². The molecule has 2 fully saturated rings. The number of nitrogens with one attached hydrogen (secondary N) is 2. The Hall–Kier alpha value is -2.77. The lowest BCUT2D eigenvalue weighted by molar-refractivity contribution is -0.122. The molecule has 1 aliphatic heterocycles. The van der Waals surface area contributed by atoms with E-state index in [9.17, 15) is 4.79 Å². The van der Waals surface area contributed by atoms with Crippen LogP contribution < -0.4 is 5.32 Å². The number of aromatic amines is 1. The van der Waals surface area contributed by atoms with Crippen molar-refractivity contribution in [1.82, 2.24) is 20.1 Å². The molecule has 162 valence electrons. The number of aromatic nitrogens is 3. The second-order valence-electron chi connectivity index (χ2n) is 8.59. The number of fused-ring (bicyclic) bond motifs is 1. The predicted molar refractivity (Wildman–Crippen MR) is 121 cm³/mol. The predicted octanol–water partition coefficient (Wildman–Crippen LogP) is 3.50. The fourth-order valence-corrected chi connectivity index (χ4v) is 4.85.